The van der Waals surface area contributed by atoms with E-state index in [0.29, 0.717) is 15.6 Å². The van der Waals surface area contributed by atoms with Crippen LogP contribution in [-0.4, -0.2) is 14.5 Å². The average Bonchev–Trinajstić information content (AvgIpc) is 2.22. The maximum absolute atomic E-state index is 11.8. The Morgan fingerprint density at radius 1 is 1.29 bits per heavy atom. The highest BCUT2D eigenvalue weighted by Gasteiger charge is 2.14. The number of hydrogen-bond acceptors (Lipinski definition) is 2. The summed E-state index contributed by atoms with van der Waals surface area (Å²) in [5.74, 6) is -0.0891. The summed E-state index contributed by atoms with van der Waals surface area (Å²) >= 11 is 11.6. The highest BCUT2D eigenvalue weighted by molar-refractivity contribution is 7.88. The summed E-state index contributed by atoms with van der Waals surface area (Å²) in [4.78, 5) is 0. The normalized spacial score (nSPS) is 13.6. The molecule has 3 nitrogen and oxygen atoms in total. The average molecular weight is 296 g/mol. The third-order valence-electron chi connectivity index (χ3n) is 2.33. The van der Waals surface area contributed by atoms with Crippen LogP contribution >= 0.6 is 23.2 Å². The standard InChI is InChI=1S/C11H15Cl2NO2S/c1-3-8(2)14-17(15,16)7-9-4-5-10(12)11(13)6-9/h4-6,8,14H,3,7H2,1-2H3/t8-/m0/s1. The maximum atomic E-state index is 11.8. The van der Waals surface area contributed by atoms with Crippen LogP contribution in [0, 0.1) is 0 Å². The molecular formula is C11H15Cl2NO2S. The number of nitrogens with one attached hydrogen (secondary N) is 1. The van der Waals surface area contributed by atoms with Crippen molar-refractivity contribution in [1.82, 2.24) is 4.72 Å². The van der Waals surface area contributed by atoms with Gasteiger partial charge in [-0.2, -0.15) is 0 Å². The van der Waals surface area contributed by atoms with Gasteiger partial charge in [-0.1, -0.05) is 36.2 Å². The van der Waals surface area contributed by atoms with Gasteiger partial charge in [0.25, 0.3) is 0 Å². The fourth-order valence-corrected chi connectivity index (χ4v) is 3.08. The van der Waals surface area contributed by atoms with Gasteiger partial charge in [-0.25, -0.2) is 13.1 Å². The zero-order chi connectivity index (χ0) is 13.1. The first-order valence-electron chi connectivity index (χ1n) is 5.28. The molecule has 1 atom stereocenters. The van der Waals surface area contributed by atoms with Gasteiger partial charge in [-0.15, -0.1) is 0 Å². The van der Waals surface area contributed by atoms with E-state index >= 15 is 0 Å². The Morgan fingerprint density at radius 2 is 1.94 bits per heavy atom. The van der Waals surface area contributed by atoms with E-state index in [1.165, 1.54) is 0 Å². The molecule has 0 spiro atoms. The van der Waals surface area contributed by atoms with E-state index in [2.05, 4.69) is 4.72 Å². The second kappa shape index (κ2) is 6.05. The van der Waals surface area contributed by atoms with Gasteiger partial charge in [0.1, 0.15) is 0 Å². The first kappa shape index (κ1) is 14.8. The molecule has 6 heteroatoms. The molecule has 0 amide bonds. The van der Waals surface area contributed by atoms with Gasteiger partial charge in [0.2, 0.25) is 10.0 Å². The summed E-state index contributed by atoms with van der Waals surface area (Å²) in [5.41, 5.74) is 0.621. The van der Waals surface area contributed by atoms with E-state index in [0.717, 1.165) is 6.42 Å². The van der Waals surface area contributed by atoms with E-state index in [-0.39, 0.29) is 11.8 Å². The molecule has 1 rings (SSSR count). The van der Waals surface area contributed by atoms with Gasteiger partial charge in [0.05, 0.1) is 15.8 Å². The second-order valence-corrected chi connectivity index (χ2v) is 6.50. The van der Waals surface area contributed by atoms with Crippen LogP contribution in [0.2, 0.25) is 10.0 Å². The van der Waals surface area contributed by atoms with Crippen LogP contribution in [0.25, 0.3) is 0 Å². The molecule has 0 aromatic heterocycles. The summed E-state index contributed by atoms with van der Waals surface area (Å²) in [6.07, 6.45) is 0.751. The van der Waals surface area contributed by atoms with E-state index in [4.69, 9.17) is 23.2 Å². The quantitative estimate of drug-likeness (QED) is 0.907. The van der Waals surface area contributed by atoms with E-state index in [1.807, 2.05) is 13.8 Å². The number of rotatable bonds is 5. The highest BCUT2D eigenvalue weighted by Crippen LogP contribution is 2.23. The van der Waals surface area contributed by atoms with Crippen molar-refractivity contribution in [3.63, 3.8) is 0 Å². The van der Waals surface area contributed by atoms with Gasteiger partial charge in [-0.05, 0) is 31.0 Å². The molecule has 0 aliphatic carbocycles. The lowest BCUT2D eigenvalue weighted by atomic mass is 10.2. The van der Waals surface area contributed by atoms with Crippen molar-refractivity contribution in [3.8, 4) is 0 Å². The van der Waals surface area contributed by atoms with Crippen molar-refractivity contribution in [2.24, 2.45) is 0 Å². The topological polar surface area (TPSA) is 46.2 Å². The molecular weight excluding hydrogens is 281 g/mol. The molecule has 0 bridgehead atoms. The Kier molecular flexibility index (Phi) is 5.25. The highest BCUT2D eigenvalue weighted by atomic mass is 35.5. The number of hydrogen-bond donors (Lipinski definition) is 1. The zero-order valence-corrected chi connectivity index (χ0v) is 12.0. The lowest BCUT2D eigenvalue weighted by Crippen LogP contribution is -2.32. The smallest absolute Gasteiger partial charge is 0.212 e. The SMILES string of the molecule is CC[C@H](C)NS(=O)(=O)Cc1ccc(Cl)c(Cl)c1. The van der Waals surface area contributed by atoms with Gasteiger partial charge in [-0.3, -0.25) is 0 Å². The summed E-state index contributed by atoms with van der Waals surface area (Å²) in [5, 5.41) is 0.783. The molecule has 0 fully saturated rings. The van der Waals surface area contributed by atoms with Crippen LogP contribution in [0.1, 0.15) is 25.8 Å². The van der Waals surface area contributed by atoms with Crippen molar-refractivity contribution in [2.75, 3.05) is 0 Å². The predicted molar refractivity (Wildman–Crippen MR) is 72.0 cm³/mol. The van der Waals surface area contributed by atoms with Crippen LogP contribution in [0.4, 0.5) is 0 Å². The fraction of sp³-hybridized carbons (Fsp3) is 0.455. The second-order valence-electron chi connectivity index (χ2n) is 3.93. The molecule has 17 heavy (non-hydrogen) atoms. The lowest BCUT2D eigenvalue weighted by molar-refractivity contribution is 0.555. The minimum atomic E-state index is -3.33. The summed E-state index contributed by atoms with van der Waals surface area (Å²) in [7, 11) is -3.33. The van der Waals surface area contributed by atoms with Crippen molar-refractivity contribution in [2.45, 2.75) is 32.1 Å². The van der Waals surface area contributed by atoms with Gasteiger partial charge in [0.15, 0.2) is 0 Å². The Hall–Kier alpha value is -0.290. The number of sulfonamides is 1. The summed E-state index contributed by atoms with van der Waals surface area (Å²) in [6.45, 7) is 3.75. The molecule has 0 unspecified atom stereocenters. The van der Waals surface area contributed by atoms with E-state index < -0.39 is 10.0 Å². The molecule has 0 saturated heterocycles. The molecule has 96 valence electrons. The van der Waals surface area contributed by atoms with Crippen molar-refractivity contribution in [3.05, 3.63) is 33.8 Å². The van der Waals surface area contributed by atoms with Crippen LogP contribution in [0.5, 0.6) is 0 Å². The molecule has 1 aromatic carbocycles. The predicted octanol–water partition coefficient (Wildman–Crippen LogP) is 3.21. The number of halogens is 2. The molecule has 0 aliphatic rings. The molecule has 0 radical (unpaired) electrons. The van der Waals surface area contributed by atoms with Crippen molar-refractivity contribution >= 4 is 33.2 Å². The fourth-order valence-electron chi connectivity index (χ4n) is 1.28. The first-order chi connectivity index (χ1) is 7.84. The zero-order valence-electron chi connectivity index (χ0n) is 9.70. The minimum absolute atomic E-state index is 0.0669. The van der Waals surface area contributed by atoms with Crippen LogP contribution in [0.15, 0.2) is 18.2 Å². The van der Waals surface area contributed by atoms with Gasteiger partial charge < -0.3 is 0 Å². The van der Waals surface area contributed by atoms with Crippen LogP contribution < -0.4 is 4.72 Å². The van der Waals surface area contributed by atoms with Gasteiger partial charge >= 0.3 is 0 Å². The molecule has 0 saturated carbocycles. The molecule has 1 N–H and O–H groups in total. The van der Waals surface area contributed by atoms with E-state index in [1.54, 1.807) is 18.2 Å². The largest absolute Gasteiger partial charge is 0.216 e. The minimum Gasteiger partial charge on any atom is -0.212 e. The first-order valence-corrected chi connectivity index (χ1v) is 7.69. The summed E-state index contributed by atoms with van der Waals surface area (Å²) in [6, 6.07) is 4.75. The molecule has 1 aromatic rings. The van der Waals surface area contributed by atoms with Crippen molar-refractivity contribution in [1.29, 1.82) is 0 Å². The summed E-state index contributed by atoms with van der Waals surface area (Å²) < 4.78 is 26.1. The lowest BCUT2D eigenvalue weighted by Gasteiger charge is -2.12. The number of benzene rings is 1. The van der Waals surface area contributed by atoms with Crippen LogP contribution in [-0.2, 0) is 15.8 Å². The Bertz CT molecular complexity index is 488. The third kappa shape index (κ3) is 4.84. The van der Waals surface area contributed by atoms with E-state index in [9.17, 15) is 8.42 Å². The van der Waals surface area contributed by atoms with Gasteiger partial charge in [0, 0.05) is 6.04 Å². The van der Waals surface area contributed by atoms with Crippen LogP contribution in [0.3, 0.4) is 0 Å². The Morgan fingerprint density at radius 3 is 2.47 bits per heavy atom. The Balaban J connectivity index is 2.80. The third-order valence-corrected chi connectivity index (χ3v) is 4.55. The monoisotopic (exact) mass is 295 g/mol. The molecule has 0 aliphatic heterocycles. The molecule has 0 heterocycles. The Labute approximate surface area is 112 Å². The maximum Gasteiger partial charge on any atom is 0.216 e. The van der Waals surface area contributed by atoms with Crippen molar-refractivity contribution < 1.29 is 8.42 Å².